The molecule has 0 aliphatic heterocycles. The van der Waals surface area contributed by atoms with Crippen LogP contribution in [0.2, 0.25) is 0 Å². The van der Waals surface area contributed by atoms with Gasteiger partial charge >= 0.3 is 0 Å². The van der Waals surface area contributed by atoms with Crippen LogP contribution in [0.25, 0.3) is 10.8 Å². The number of nitrogen functional groups attached to an aromatic ring is 1. The van der Waals surface area contributed by atoms with Gasteiger partial charge in [-0.15, -0.1) is 0 Å². The minimum atomic E-state index is 0.799. The molecule has 0 saturated carbocycles. The van der Waals surface area contributed by atoms with Crippen molar-refractivity contribution in [1.29, 1.82) is 0 Å². The van der Waals surface area contributed by atoms with E-state index in [9.17, 15) is 0 Å². The van der Waals surface area contributed by atoms with E-state index < -0.39 is 0 Å². The van der Waals surface area contributed by atoms with Gasteiger partial charge in [-0.2, -0.15) is 0 Å². The normalized spacial score (nSPS) is 10.7. The van der Waals surface area contributed by atoms with E-state index in [2.05, 4.69) is 66.5 Å². The van der Waals surface area contributed by atoms with Crippen molar-refractivity contribution in [2.75, 3.05) is 17.7 Å². The molecule has 0 unspecified atom stereocenters. The van der Waals surface area contributed by atoms with Crippen LogP contribution in [0.15, 0.2) is 66.7 Å². The summed E-state index contributed by atoms with van der Waals surface area (Å²) in [6, 6.07) is 23.1. The standard InChI is InChI=1S/C18H18N2/c1-20(18-10-8-17(19)9-11-18)13-14-6-7-15-4-2-3-5-16(15)12-14/h2-12H,13,19H2,1H3. The van der Waals surface area contributed by atoms with E-state index in [0.29, 0.717) is 0 Å². The van der Waals surface area contributed by atoms with Gasteiger partial charge in [0.15, 0.2) is 0 Å². The molecule has 0 bridgehead atoms. The third-order valence-corrected chi connectivity index (χ3v) is 3.57. The van der Waals surface area contributed by atoms with Crippen molar-refractivity contribution in [3.8, 4) is 0 Å². The summed E-state index contributed by atoms with van der Waals surface area (Å²) in [7, 11) is 2.10. The van der Waals surface area contributed by atoms with Gasteiger partial charge in [-0.3, -0.25) is 0 Å². The molecule has 0 amide bonds. The average molecular weight is 262 g/mol. The number of nitrogens with zero attached hydrogens (tertiary/aromatic N) is 1. The van der Waals surface area contributed by atoms with Gasteiger partial charge in [0.25, 0.3) is 0 Å². The quantitative estimate of drug-likeness (QED) is 0.721. The summed E-state index contributed by atoms with van der Waals surface area (Å²) < 4.78 is 0. The smallest absolute Gasteiger partial charge is 0.0426 e. The molecule has 0 saturated heterocycles. The van der Waals surface area contributed by atoms with Gasteiger partial charge in [0.05, 0.1) is 0 Å². The van der Waals surface area contributed by atoms with Crippen LogP contribution in [0.5, 0.6) is 0 Å². The van der Waals surface area contributed by atoms with Gasteiger partial charge < -0.3 is 10.6 Å². The lowest BCUT2D eigenvalue weighted by molar-refractivity contribution is 0.925. The summed E-state index contributed by atoms with van der Waals surface area (Å²) in [5, 5.41) is 2.57. The Morgan fingerprint density at radius 1 is 0.850 bits per heavy atom. The second-order valence-corrected chi connectivity index (χ2v) is 5.13. The third kappa shape index (κ3) is 2.59. The largest absolute Gasteiger partial charge is 0.399 e. The molecule has 0 aromatic heterocycles. The van der Waals surface area contributed by atoms with Gasteiger partial charge in [-0.25, -0.2) is 0 Å². The summed E-state index contributed by atoms with van der Waals surface area (Å²) in [6.45, 7) is 0.884. The van der Waals surface area contributed by atoms with Crippen LogP contribution in [-0.2, 0) is 6.54 Å². The van der Waals surface area contributed by atoms with Crippen molar-refractivity contribution >= 4 is 22.1 Å². The molecule has 100 valence electrons. The van der Waals surface area contributed by atoms with E-state index in [1.165, 1.54) is 22.0 Å². The predicted molar refractivity (Wildman–Crippen MR) is 86.9 cm³/mol. The van der Waals surface area contributed by atoms with E-state index in [1.54, 1.807) is 0 Å². The second kappa shape index (κ2) is 5.25. The maximum atomic E-state index is 5.72. The molecule has 2 N–H and O–H groups in total. The molecule has 2 nitrogen and oxygen atoms in total. The lowest BCUT2D eigenvalue weighted by Crippen LogP contribution is -2.16. The minimum Gasteiger partial charge on any atom is -0.399 e. The van der Waals surface area contributed by atoms with Crippen LogP contribution >= 0.6 is 0 Å². The van der Waals surface area contributed by atoms with Gasteiger partial charge in [0.1, 0.15) is 0 Å². The highest BCUT2D eigenvalue weighted by atomic mass is 15.1. The number of hydrogen-bond donors (Lipinski definition) is 1. The van der Waals surface area contributed by atoms with Crippen molar-refractivity contribution in [2.45, 2.75) is 6.54 Å². The fourth-order valence-electron chi connectivity index (χ4n) is 2.43. The average Bonchev–Trinajstić information content (AvgIpc) is 2.48. The van der Waals surface area contributed by atoms with Gasteiger partial charge in [0, 0.05) is 25.0 Å². The number of benzene rings is 3. The van der Waals surface area contributed by atoms with E-state index in [-0.39, 0.29) is 0 Å². The Labute approximate surface area is 119 Å². The van der Waals surface area contributed by atoms with E-state index in [0.717, 1.165) is 12.2 Å². The highest BCUT2D eigenvalue weighted by Crippen LogP contribution is 2.20. The van der Waals surface area contributed by atoms with Gasteiger partial charge in [-0.05, 0) is 46.7 Å². The second-order valence-electron chi connectivity index (χ2n) is 5.13. The molecule has 0 atom stereocenters. The van der Waals surface area contributed by atoms with Crippen molar-refractivity contribution in [2.24, 2.45) is 0 Å². The summed E-state index contributed by atoms with van der Waals surface area (Å²) >= 11 is 0. The summed E-state index contributed by atoms with van der Waals surface area (Å²) in [5.41, 5.74) is 9.00. The Morgan fingerprint density at radius 3 is 2.30 bits per heavy atom. The number of fused-ring (bicyclic) bond motifs is 1. The molecule has 0 fully saturated rings. The lowest BCUT2D eigenvalue weighted by Gasteiger charge is -2.19. The first-order valence-corrected chi connectivity index (χ1v) is 6.77. The van der Waals surface area contributed by atoms with E-state index in [1.807, 2.05) is 12.1 Å². The predicted octanol–water partition coefficient (Wildman–Crippen LogP) is 4.06. The van der Waals surface area contributed by atoms with Gasteiger partial charge in [-0.1, -0.05) is 36.4 Å². The monoisotopic (exact) mass is 262 g/mol. The first kappa shape index (κ1) is 12.5. The van der Waals surface area contributed by atoms with Crippen LogP contribution in [0.3, 0.4) is 0 Å². The molecule has 0 radical (unpaired) electrons. The summed E-state index contributed by atoms with van der Waals surface area (Å²) in [5.74, 6) is 0. The van der Waals surface area contributed by atoms with Crippen molar-refractivity contribution in [3.63, 3.8) is 0 Å². The molecular formula is C18H18N2. The van der Waals surface area contributed by atoms with Crippen LogP contribution in [0.1, 0.15) is 5.56 Å². The number of rotatable bonds is 3. The van der Waals surface area contributed by atoms with Crippen molar-refractivity contribution < 1.29 is 0 Å². The zero-order valence-corrected chi connectivity index (χ0v) is 11.6. The fourth-order valence-corrected chi connectivity index (χ4v) is 2.43. The zero-order chi connectivity index (χ0) is 13.9. The van der Waals surface area contributed by atoms with E-state index >= 15 is 0 Å². The highest BCUT2D eigenvalue weighted by molar-refractivity contribution is 5.83. The van der Waals surface area contributed by atoms with Crippen molar-refractivity contribution in [3.05, 3.63) is 72.3 Å². The molecule has 0 aliphatic rings. The molecular weight excluding hydrogens is 244 g/mol. The maximum absolute atomic E-state index is 5.72. The Balaban J connectivity index is 1.83. The molecule has 3 aromatic carbocycles. The molecule has 3 aromatic rings. The summed E-state index contributed by atoms with van der Waals surface area (Å²) in [4.78, 5) is 2.23. The number of hydrogen-bond acceptors (Lipinski definition) is 2. The van der Waals surface area contributed by atoms with E-state index in [4.69, 9.17) is 5.73 Å². The van der Waals surface area contributed by atoms with Crippen LogP contribution in [-0.4, -0.2) is 7.05 Å². The Bertz CT molecular complexity index is 717. The van der Waals surface area contributed by atoms with Crippen molar-refractivity contribution in [1.82, 2.24) is 0 Å². The molecule has 0 aliphatic carbocycles. The molecule has 0 spiro atoms. The molecule has 0 heterocycles. The number of anilines is 2. The first-order chi connectivity index (χ1) is 9.72. The molecule has 3 rings (SSSR count). The molecule has 2 heteroatoms. The maximum Gasteiger partial charge on any atom is 0.0426 e. The first-order valence-electron chi connectivity index (χ1n) is 6.77. The van der Waals surface area contributed by atoms with Crippen LogP contribution in [0.4, 0.5) is 11.4 Å². The topological polar surface area (TPSA) is 29.3 Å². The Kier molecular flexibility index (Phi) is 3.30. The fraction of sp³-hybridized carbons (Fsp3) is 0.111. The van der Waals surface area contributed by atoms with Gasteiger partial charge in [0.2, 0.25) is 0 Å². The molecule has 20 heavy (non-hydrogen) atoms. The SMILES string of the molecule is CN(Cc1ccc2ccccc2c1)c1ccc(N)cc1. The summed E-state index contributed by atoms with van der Waals surface area (Å²) in [6.07, 6.45) is 0. The third-order valence-electron chi connectivity index (χ3n) is 3.57. The van der Waals surface area contributed by atoms with Crippen LogP contribution < -0.4 is 10.6 Å². The lowest BCUT2D eigenvalue weighted by atomic mass is 10.1. The Morgan fingerprint density at radius 2 is 1.55 bits per heavy atom. The number of nitrogens with two attached hydrogens (primary N) is 1. The highest BCUT2D eigenvalue weighted by Gasteiger charge is 2.03. The minimum absolute atomic E-state index is 0.799. The van der Waals surface area contributed by atoms with Crippen LogP contribution in [0, 0.1) is 0 Å². The Hall–Kier alpha value is -2.48. The zero-order valence-electron chi connectivity index (χ0n) is 11.6.